The van der Waals surface area contributed by atoms with Crippen LogP contribution in [0, 0.1) is 22.5 Å². The predicted octanol–water partition coefficient (Wildman–Crippen LogP) is 0.971. The maximum absolute atomic E-state index is 10.1. The fourth-order valence-electron chi connectivity index (χ4n) is 0.579. The van der Waals surface area contributed by atoms with Crippen molar-refractivity contribution in [1.29, 1.82) is 0 Å². The second kappa shape index (κ2) is 2.80. The third-order valence-electron chi connectivity index (χ3n) is 1.11. The van der Waals surface area contributed by atoms with E-state index in [0.29, 0.717) is 5.69 Å². The van der Waals surface area contributed by atoms with E-state index >= 15 is 0 Å². The molecule has 0 aromatic carbocycles. The van der Waals surface area contributed by atoms with Crippen molar-refractivity contribution in [2.45, 2.75) is 0 Å². The highest BCUT2D eigenvalue weighted by Gasteiger charge is 2.02. The van der Waals surface area contributed by atoms with Gasteiger partial charge in [0.2, 0.25) is 0 Å². The zero-order valence-corrected chi connectivity index (χ0v) is 5.52. The number of rotatable bonds is 1. The van der Waals surface area contributed by atoms with E-state index in [1.54, 1.807) is 0 Å². The summed E-state index contributed by atoms with van der Waals surface area (Å²) in [6, 6.07) is 2.75. The van der Waals surface area contributed by atoms with E-state index in [0.717, 1.165) is 6.20 Å². The van der Waals surface area contributed by atoms with Crippen molar-refractivity contribution in [2.24, 2.45) is 0 Å². The zero-order valence-electron chi connectivity index (χ0n) is 5.52. The third kappa shape index (κ3) is 1.52. The first kappa shape index (κ1) is 7.22. The number of terminal acetylenes is 1. The topological polar surface area (TPSA) is 56.0 Å². The lowest BCUT2D eigenvalue weighted by Gasteiger charge is -1.89. The largest absolute Gasteiger partial charge is 0.287 e. The highest BCUT2D eigenvalue weighted by Crippen LogP contribution is 2.07. The number of aromatic nitrogens is 1. The average molecular weight is 148 g/mol. The van der Waals surface area contributed by atoms with Gasteiger partial charge in [-0.3, -0.25) is 10.1 Å². The van der Waals surface area contributed by atoms with Crippen molar-refractivity contribution in [3.05, 3.63) is 34.1 Å². The smallest absolute Gasteiger partial charge is 0.258 e. The normalized spacial score (nSPS) is 8.64. The Hall–Kier alpha value is -1.89. The van der Waals surface area contributed by atoms with Crippen LogP contribution in [0.1, 0.15) is 5.69 Å². The fraction of sp³-hybridized carbons (Fsp3) is 0. The molecular weight excluding hydrogens is 144 g/mol. The number of hydrogen-bond donors (Lipinski definition) is 0. The Balaban J connectivity index is 3.03. The molecule has 0 aliphatic carbocycles. The van der Waals surface area contributed by atoms with Crippen LogP contribution in [-0.2, 0) is 0 Å². The quantitative estimate of drug-likeness (QED) is 0.338. The van der Waals surface area contributed by atoms with E-state index in [1.165, 1.54) is 12.1 Å². The number of nitrogens with zero attached hydrogens (tertiary/aromatic N) is 2. The highest BCUT2D eigenvalue weighted by molar-refractivity contribution is 5.32. The maximum atomic E-state index is 10.1. The Labute approximate surface area is 63.0 Å². The first-order valence-electron chi connectivity index (χ1n) is 2.81. The van der Waals surface area contributed by atoms with E-state index < -0.39 is 4.92 Å². The van der Waals surface area contributed by atoms with E-state index in [1.807, 2.05) is 0 Å². The van der Waals surface area contributed by atoms with Gasteiger partial charge in [-0.1, -0.05) is 5.92 Å². The van der Waals surface area contributed by atoms with Crippen LogP contribution in [0.3, 0.4) is 0 Å². The Morgan fingerprint density at radius 1 is 1.64 bits per heavy atom. The van der Waals surface area contributed by atoms with Gasteiger partial charge in [-0.2, -0.15) is 0 Å². The monoisotopic (exact) mass is 148 g/mol. The summed E-state index contributed by atoms with van der Waals surface area (Å²) in [5, 5.41) is 10.1. The van der Waals surface area contributed by atoms with Crippen LogP contribution in [0.15, 0.2) is 18.3 Å². The summed E-state index contributed by atoms with van der Waals surface area (Å²) in [7, 11) is 0. The SMILES string of the molecule is C#Cc1ccc([N+](=O)[O-])cn1. The van der Waals surface area contributed by atoms with Crippen LogP contribution in [0.2, 0.25) is 0 Å². The van der Waals surface area contributed by atoms with E-state index in [4.69, 9.17) is 6.42 Å². The molecule has 1 aromatic heterocycles. The summed E-state index contributed by atoms with van der Waals surface area (Å²) in [4.78, 5) is 13.2. The van der Waals surface area contributed by atoms with Crippen molar-refractivity contribution < 1.29 is 4.92 Å². The van der Waals surface area contributed by atoms with Gasteiger partial charge >= 0.3 is 0 Å². The molecule has 0 amide bonds. The van der Waals surface area contributed by atoms with Crippen molar-refractivity contribution in [1.82, 2.24) is 4.98 Å². The molecule has 0 unspecified atom stereocenters. The van der Waals surface area contributed by atoms with Crippen LogP contribution in [0.25, 0.3) is 0 Å². The maximum Gasteiger partial charge on any atom is 0.287 e. The highest BCUT2D eigenvalue weighted by atomic mass is 16.6. The molecule has 0 saturated heterocycles. The van der Waals surface area contributed by atoms with Gasteiger partial charge in [-0.05, 0) is 6.07 Å². The fourth-order valence-corrected chi connectivity index (χ4v) is 0.579. The standard InChI is InChI=1S/C7H4N2O2/c1-2-6-3-4-7(5-8-6)9(10)11/h1,3-5H. The van der Waals surface area contributed by atoms with E-state index in [2.05, 4.69) is 10.9 Å². The molecule has 4 nitrogen and oxygen atoms in total. The van der Waals surface area contributed by atoms with Crippen LogP contribution in [0.4, 0.5) is 5.69 Å². The van der Waals surface area contributed by atoms with Crippen LogP contribution in [0.5, 0.6) is 0 Å². The molecule has 1 aromatic rings. The van der Waals surface area contributed by atoms with Crippen molar-refractivity contribution in [2.75, 3.05) is 0 Å². The molecule has 0 bridgehead atoms. The molecule has 11 heavy (non-hydrogen) atoms. The van der Waals surface area contributed by atoms with Crippen molar-refractivity contribution in [3.63, 3.8) is 0 Å². The van der Waals surface area contributed by atoms with Crippen LogP contribution >= 0.6 is 0 Å². The molecule has 0 aliphatic heterocycles. The molecular formula is C7H4N2O2. The molecule has 0 fully saturated rings. The van der Waals surface area contributed by atoms with Crippen LogP contribution in [-0.4, -0.2) is 9.91 Å². The summed E-state index contributed by atoms with van der Waals surface area (Å²) < 4.78 is 0. The van der Waals surface area contributed by atoms with Crippen molar-refractivity contribution >= 4 is 5.69 Å². The summed E-state index contributed by atoms with van der Waals surface area (Å²) in [5.74, 6) is 2.26. The first-order chi connectivity index (χ1) is 5.24. The average Bonchev–Trinajstić information content (AvgIpc) is 2.05. The summed E-state index contributed by atoms with van der Waals surface area (Å²) >= 11 is 0. The van der Waals surface area contributed by atoms with Crippen molar-refractivity contribution in [3.8, 4) is 12.3 Å². The molecule has 0 atom stereocenters. The van der Waals surface area contributed by atoms with Gasteiger partial charge in [0.05, 0.1) is 4.92 Å². The lowest BCUT2D eigenvalue weighted by atomic mass is 10.3. The molecule has 4 heteroatoms. The number of pyridine rings is 1. The van der Waals surface area contributed by atoms with E-state index in [9.17, 15) is 10.1 Å². The lowest BCUT2D eigenvalue weighted by molar-refractivity contribution is -0.385. The van der Waals surface area contributed by atoms with Gasteiger partial charge in [0, 0.05) is 6.07 Å². The lowest BCUT2D eigenvalue weighted by Crippen LogP contribution is -1.89. The number of hydrogen-bond acceptors (Lipinski definition) is 3. The number of nitro groups is 1. The molecule has 54 valence electrons. The summed E-state index contributed by atoms with van der Waals surface area (Å²) in [6.45, 7) is 0. The van der Waals surface area contributed by atoms with E-state index in [-0.39, 0.29) is 5.69 Å². The molecule has 0 spiro atoms. The zero-order chi connectivity index (χ0) is 8.27. The minimum Gasteiger partial charge on any atom is -0.258 e. The predicted molar refractivity (Wildman–Crippen MR) is 38.8 cm³/mol. The molecule has 1 heterocycles. The second-order valence-corrected chi connectivity index (χ2v) is 1.80. The Morgan fingerprint density at radius 2 is 2.36 bits per heavy atom. The molecule has 0 saturated carbocycles. The Kier molecular flexibility index (Phi) is 1.83. The van der Waals surface area contributed by atoms with Gasteiger partial charge in [0.1, 0.15) is 11.9 Å². The molecule has 0 aliphatic rings. The van der Waals surface area contributed by atoms with Gasteiger partial charge in [-0.25, -0.2) is 4.98 Å². The minimum absolute atomic E-state index is 0.0519. The van der Waals surface area contributed by atoms with Gasteiger partial charge in [0.15, 0.2) is 0 Å². The van der Waals surface area contributed by atoms with Gasteiger partial charge in [0.25, 0.3) is 5.69 Å². The summed E-state index contributed by atoms with van der Waals surface area (Å²) in [5.41, 5.74) is 0.347. The Bertz CT molecular complexity index is 310. The second-order valence-electron chi connectivity index (χ2n) is 1.80. The molecule has 1 rings (SSSR count). The first-order valence-corrected chi connectivity index (χ1v) is 2.81. The van der Waals surface area contributed by atoms with Gasteiger partial charge < -0.3 is 0 Å². The molecule has 0 N–H and O–H groups in total. The van der Waals surface area contributed by atoms with Crippen LogP contribution < -0.4 is 0 Å². The Morgan fingerprint density at radius 3 is 2.73 bits per heavy atom. The third-order valence-corrected chi connectivity index (χ3v) is 1.11. The molecule has 0 radical (unpaired) electrons. The minimum atomic E-state index is -0.521. The van der Waals surface area contributed by atoms with Gasteiger partial charge in [-0.15, -0.1) is 6.42 Å². The summed E-state index contributed by atoms with van der Waals surface area (Å²) in [6.07, 6.45) is 6.13.